The maximum atomic E-state index is 13.8. The number of halogens is 2. The summed E-state index contributed by atoms with van der Waals surface area (Å²) in [5, 5.41) is 2.06. The van der Waals surface area contributed by atoms with Crippen molar-refractivity contribution in [3.05, 3.63) is 126 Å². The molecule has 6 nitrogen and oxygen atoms in total. The zero-order valence-corrected chi connectivity index (χ0v) is 23.0. The average molecular weight is 562 g/mol. The van der Waals surface area contributed by atoms with Crippen molar-refractivity contribution < 1.29 is 9.53 Å². The van der Waals surface area contributed by atoms with Crippen LogP contribution in [0.4, 0.5) is 5.69 Å². The fourth-order valence-electron chi connectivity index (χ4n) is 4.95. The van der Waals surface area contributed by atoms with Gasteiger partial charge in [0.05, 0.1) is 18.6 Å². The first kappa shape index (κ1) is 28.0. The summed E-state index contributed by atoms with van der Waals surface area (Å²) < 4.78 is 6.01. The number of hydrogen-bond donors (Lipinski definition) is 1. The molecule has 4 aromatic carbocycles. The quantitative estimate of drug-likeness (QED) is 0.252. The number of H-pyrrole nitrogens is 1. The van der Waals surface area contributed by atoms with E-state index < -0.39 is 0 Å². The highest BCUT2D eigenvalue weighted by Gasteiger charge is 2.25. The second-order valence-electron chi connectivity index (χ2n) is 9.32. The Kier molecular flexibility index (Phi) is 9.12. The number of hydrogen-bond acceptors (Lipinski definition) is 4. The number of aromatic amines is 1. The van der Waals surface area contributed by atoms with Crippen LogP contribution in [0.15, 0.2) is 104 Å². The summed E-state index contributed by atoms with van der Waals surface area (Å²) in [6, 6.07) is 30.3. The van der Waals surface area contributed by atoms with E-state index in [0.29, 0.717) is 32.8 Å². The van der Waals surface area contributed by atoms with Gasteiger partial charge in [0.2, 0.25) is 0 Å². The molecule has 0 bridgehead atoms. The molecule has 0 radical (unpaired) electrons. The van der Waals surface area contributed by atoms with Gasteiger partial charge in [-0.05, 0) is 46.2 Å². The number of nitrogens with one attached hydrogen (secondary N) is 1. The molecule has 0 aliphatic carbocycles. The van der Waals surface area contributed by atoms with E-state index in [0.717, 1.165) is 44.6 Å². The van der Waals surface area contributed by atoms with Gasteiger partial charge in [-0.2, -0.15) is 0 Å². The van der Waals surface area contributed by atoms with E-state index >= 15 is 0 Å². The Bertz CT molecular complexity index is 1520. The van der Waals surface area contributed by atoms with Crippen LogP contribution in [0.5, 0.6) is 5.75 Å². The number of nitrogens with zero attached hydrogens (tertiary/aromatic N) is 3. The molecule has 0 fully saturated rings. The van der Waals surface area contributed by atoms with Crippen molar-refractivity contribution >= 4 is 47.2 Å². The molecule has 39 heavy (non-hydrogen) atoms. The van der Waals surface area contributed by atoms with Gasteiger partial charge in [0, 0.05) is 37.1 Å². The van der Waals surface area contributed by atoms with Gasteiger partial charge in [0.1, 0.15) is 12.4 Å². The molecule has 1 amide bonds. The van der Waals surface area contributed by atoms with Crippen LogP contribution in [0.1, 0.15) is 27.2 Å². The van der Waals surface area contributed by atoms with Crippen LogP contribution < -0.4 is 9.64 Å². The number of amides is 1. The molecule has 0 atom stereocenters. The minimum atomic E-state index is 0. The van der Waals surface area contributed by atoms with Gasteiger partial charge in [-0.25, -0.2) is 4.98 Å². The first-order valence-electron chi connectivity index (χ1n) is 12.5. The number of fused-ring (bicyclic) bond motifs is 2. The van der Waals surface area contributed by atoms with E-state index in [1.54, 1.807) is 6.33 Å². The normalized spacial score (nSPS) is 12.6. The Morgan fingerprint density at radius 3 is 2.51 bits per heavy atom. The number of anilines is 1. The minimum absolute atomic E-state index is 0. The highest BCUT2D eigenvalue weighted by Crippen LogP contribution is 2.30. The number of ether oxygens (including phenoxy) is 1. The summed E-state index contributed by atoms with van der Waals surface area (Å²) in [5.41, 5.74) is 5.11. The number of rotatable bonds is 6. The third-order valence-corrected chi connectivity index (χ3v) is 6.86. The van der Waals surface area contributed by atoms with E-state index in [4.69, 9.17) is 4.74 Å². The second kappa shape index (κ2) is 12.7. The summed E-state index contributed by atoms with van der Waals surface area (Å²) >= 11 is 0. The molecule has 1 aliphatic rings. The largest absolute Gasteiger partial charge is 0.489 e. The molecule has 2 heterocycles. The van der Waals surface area contributed by atoms with E-state index in [1.165, 1.54) is 0 Å². The summed E-state index contributed by atoms with van der Waals surface area (Å²) in [5.74, 6) is 0.904. The van der Waals surface area contributed by atoms with Crippen molar-refractivity contribution in [2.75, 3.05) is 18.0 Å². The number of carbonyl (C=O) groups is 1. The highest BCUT2D eigenvalue weighted by molar-refractivity contribution is 6.07. The molecular formula is C31H30Cl2N4O2. The summed E-state index contributed by atoms with van der Waals surface area (Å²) in [6.45, 7) is 3.06. The van der Waals surface area contributed by atoms with Gasteiger partial charge in [0.25, 0.3) is 5.91 Å². The van der Waals surface area contributed by atoms with Crippen LogP contribution in [0.2, 0.25) is 0 Å². The lowest BCUT2D eigenvalue weighted by Gasteiger charge is -2.25. The zero-order chi connectivity index (χ0) is 25.0. The van der Waals surface area contributed by atoms with Gasteiger partial charge >= 0.3 is 0 Å². The van der Waals surface area contributed by atoms with Crippen molar-refractivity contribution in [3.63, 3.8) is 0 Å². The number of imidazole rings is 1. The van der Waals surface area contributed by atoms with Crippen LogP contribution in [-0.2, 0) is 19.7 Å². The fraction of sp³-hybridized carbons (Fsp3) is 0.161. The lowest BCUT2D eigenvalue weighted by molar-refractivity contribution is 0.0753. The minimum Gasteiger partial charge on any atom is -0.489 e. The lowest BCUT2D eigenvalue weighted by atomic mass is 10.0. The smallest absolute Gasteiger partial charge is 0.254 e. The van der Waals surface area contributed by atoms with E-state index in [2.05, 4.69) is 45.2 Å². The van der Waals surface area contributed by atoms with Gasteiger partial charge < -0.3 is 19.5 Å². The fourth-order valence-corrected chi connectivity index (χ4v) is 4.95. The van der Waals surface area contributed by atoms with Crippen LogP contribution in [0, 0.1) is 0 Å². The zero-order valence-electron chi connectivity index (χ0n) is 21.3. The standard InChI is InChI=1S/C31H28N4O2.2ClH/c36-31(29-12-6-8-24-7-4-5-11-28(24)29)35-16-15-34(20-26-18-32-22-33-26)30-17-23(13-14-25(30)19-35)21-37-27-9-2-1-3-10-27;;/h1-14,17-18,22H,15-16,19-21H2,(H,32,33);2*1H. The molecular weight excluding hydrogens is 531 g/mol. The van der Waals surface area contributed by atoms with Crippen LogP contribution in [0.25, 0.3) is 10.8 Å². The molecule has 200 valence electrons. The highest BCUT2D eigenvalue weighted by atomic mass is 35.5. The Balaban J connectivity index is 0.00000176. The third kappa shape index (κ3) is 6.19. The maximum Gasteiger partial charge on any atom is 0.254 e. The van der Waals surface area contributed by atoms with Gasteiger partial charge in [-0.1, -0.05) is 66.7 Å². The predicted molar refractivity (Wildman–Crippen MR) is 160 cm³/mol. The molecule has 0 saturated heterocycles. The Hall–Kier alpha value is -4.00. The van der Waals surface area contributed by atoms with Crippen molar-refractivity contribution in [1.82, 2.24) is 14.9 Å². The first-order valence-corrected chi connectivity index (χ1v) is 12.5. The summed E-state index contributed by atoms with van der Waals surface area (Å²) in [7, 11) is 0. The van der Waals surface area contributed by atoms with Crippen molar-refractivity contribution in [2.45, 2.75) is 19.7 Å². The average Bonchev–Trinajstić information content (AvgIpc) is 3.40. The van der Waals surface area contributed by atoms with Crippen LogP contribution >= 0.6 is 24.8 Å². The predicted octanol–water partition coefficient (Wildman–Crippen LogP) is 6.65. The molecule has 8 heteroatoms. The van der Waals surface area contributed by atoms with Crippen molar-refractivity contribution in [3.8, 4) is 5.75 Å². The summed E-state index contributed by atoms with van der Waals surface area (Å²) in [4.78, 5) is 25.5. The topological polar surface area (TPSA) is 61.5 Å². The maximum absolute atomic E-state index is 13.8. The molecule has 1 N–H and O–H groups in total. The molecule has 0 spiro atoms. The molecule has 1 aromatic heterocycles. The van der Waals surface area contributed by atoms with Gasteiger partial charge in [-0.3, -0.25) is 4.79 Å². The number of para-hydroxylation sites is 1. The second-order valence-corrected chi connectivity index (χ2v) is 9.32. The Morgan fingerprint density at radius 2 is 1.69 bits per heavy atom. The third-order valence-electron chi connectivity index (χ3n) is 6.86. The number of aromatic nitrogens is 2. The number of benzene rings is 4. The van der Waals surface area contributed by atoms with Gasteiger partial charge in [0.15, 0.2) is 0 Å². The monoisotopic (exact) mass is 560 g/mol. The Labute approximate surface area is 240 Å². The molecule has 1 aliphatic heterocycles. The molecule has 5 aromatic rings. The van der Waals surface area contributed by atoms with E-state index in [-0.39, 0.29) is 30.7 Å². The molecule has 0 saturated carbocycles. The SMILES string of the molecule is Cl.Cl.O=C(c1cccc2ccccc12)N1CCN(Cc2cnc[nH]2)c2cc(COc3ccccc3)ccc2C1. The van der Waals surface area contributed by atoms with E-state index in [1.807, 2.05) is 71.8 Å². The summed E-state index contributed by atoms with van der Waals surface area (Å²) in [6.07, 6.45) is 3.56. The lowest BCUT2D eigenvalue weighted by Crippen LogP contribution is -2.35. The number of carbonyl (C=O) groups excluding carboxylic acids is 1. The van der Waals surface area contributed by atoms with E-state index in [9.17, 15) is 4.79 Å². The molecule has 0 unspecified atom stereocenters. The molecule has 6 rings (SSSR count). The van der Waals surface area contributed by atoms with Gasteiger partial charge in [-0.15, -0.1) is 24.8 Å². The first-order chi connectivity index (χ1) is 18.2. The Morgan fingerprint density at radius 1 is 0.897 bits per heavy atom. The van der Waals surface area contributed by atoms with Crippen LogP contribution in [0.3, 0.4) is 0 Å². The van der Waals surface area contributed by atoms with Crippen molar-refractivity contribution in [2.24, 2.45) is 0 Å². The van der Waals surface area contributed by atoms with Crippen LogP contribution in [-0.4, -0.2) is 33.9 Å². The van der Waals surface area contributed by atoms with Crippen molar-refractivity contribution in [1.29, 1.82) is 0 Å².